The van der Waals surface area contributed by atoms with Crippen molar-refractivity contribution in [3.8, 4) is 11.5 Å². The predicted octanol–water partition coefficient (Wildman–Crippen LogP) is 3.07. The van der Waals surface area contributed by atoms with E-state index in [-0.39, 0.29) is 11.1 Å². The minimum atomic E-state index is -0.558. The first-order valence-corrected chi connectivity index (χ1v) is 5.68. The number of carbonyl (C=O) groups is 1. The third-order valence-electron chi connectivity index (χ3n) is 2.77. The van der Waals surface area contributed by atoms with E-state index >= 15 is 0 Å². The van der Waals surface area contributed by atoms with Crippen molar-refractivity contribution in [3.63, 3.8) is 0 Å². The molecule has 0 spiro atoms. The number of benzene rings is 2. The van der Waals surface area contributed by atoms with E-state index < -0.39 is 11.6 Å². The van der Waals surface area contributed by atoms with Gasteiger partial charge in [0.1, 0.15) is 17.3 Å². The molecule has 0 aliphatic rings. The number of halogens is 1. The van der Waals surface area contributed by atoms with Gasteiger partial charge in [0.25, 0.3) is 0 Å². The van der Waals surface area contributed by atoms with E-state index in [2.05, 4.69) is 0 Å². The van der Waals surface area contributed by atoms with E-state index in [1.807, 2.05) is 0 Å². The van der Waals surface area contributed by atoms with Gasteiger partial charge in [-0.2, -0.15) is 0 Å². The molecule has 0 unspecified atom stereocenters. The fraction of sp³-hybridized carbons (Fsp3) is 0.133. The van der Waals surface area contributed by atoms with E-state index in [1.165, 1.54) is 38.5 Å². The van der Waals surface area contributed by atoms with E-state index in [1.54, 1.807) is 18.2 Å². The lowest BCUT2D eigenvalue weighted by atomic mass is 10.0. The Balaban J connectivity index is 2.51. The molecule has 0 aliphatic carbocycles. The van der Waals surface area contributed by atoms with Crippen LogP contribution in [-0.2, 0) is 0 Å². The molecule has 4 heteroatoms. The minimum Gasteiger partial charge on any atom is -0.497 e. The van der Waals surface area contributed by atoms with Crippen molar-refractivity contribution in [2.24, 2.45) is 0 Å². The van der Waals surface area contributed by atoms with Crippen LogP contribution in [-0.4, -0.2) is 20.0 Å². The molecule has 19 heavy (non-hydrogen) atoms. The Morgan fingerprint density at radius 1 is 1.00 bits per heavy atom. The van der Waals surface area contributed by atoms with Crippen LogP contribution in [0.3, 0.4) is 0 Å². The fourth-order valence-corrected chi connectivity index (χ4v) is 1.78. The number of carbonyl (C=O) groups excluding carboxylic acids is 1. The van der Waals surface area contributed by atoms with Crippen LogP contribution in [0.15, 0.2) is 42.5 Å². The molecule has 2 aromatic rings. The molecule has 0 saturated carbocycles. The maximum Gasteiger partial charge on any atom is 0.199 e. The Bertz CT molecular complexity index is 608. The number of rotatable bonds is 4. The van der Waals surface area contributed by atoms with Crippen molar-refractivity contribution in [2.75, 3.05) is 14.2 Å². The second-order valence-electron chi connectivity index (χ2n) is 3.88. The summed E-state index contributed by atoms with van der Waals surface area (Å²) in [7, 11) is 2.96. The van der Waals surface area contributed by atoms with E-state index in [0.29, 0.717) is 11.5 Å². The minimum absolute atomic E-state index is 0.00838. The standard InChI is InChI=1S/C15H13FO3/c1-18-10-7-8-14(19-2)12(9-10)15(17)11-5-3-4-6-13(11)16/h3-9H,1-2H3. The summed E-state index contributed by atoms with van der Waals surface area (Å²) >= 11 is 0. The lowest BCUT2D eigenvalue weighted by molar-refractivity contribution is 0.103. The predicted molar refractivity (Wildman–Crippen MR) is 69.4 cm³/mol. The number of hydrogen-bond donors (Lipinski definition) is 0. The lowest BCUT2D eigenvalue weighted by Gasteiger charge is -2.10. The Morgan fingerprint density at radius 3 is 2.37 bits per heavy atom. The topological polar surface area (TPSA) is 35.5 Å². The molecule has 0 radical (unpaired) electrons. The van der Waals surface area contributed by atoms with Crippen LogP contribution in [0, 0.1) is 5.82 Å². The molecule has 3 nitrogen and oxygen atoms in total. The van der Waals surface area contributed by atoms with Gasteiger partial charge in [0.05, 0.1) is 25.3 Å². The highest BCUT2D eigenvalue weighted by molar-refractivity contribution is 6.11. The summed E-state index contributed by atoms with van der Waals surface area (Å²) in [6.45, 7) is 0. The molecule has 0 saturated heterocycles. The van der Waals surface area contributed by atoms with E-state index in [4.69, 9.17) is 9.47 Å². The highest BCUT2D eigenvalue weighted by Gasteiger charge is 2.18. The van der Waals surface area contributed by atoms with Crippen LogP contribution in [0.4, 0.5) is 4.39 Å². The molecule has 0 bridgehead atoms. The maximum absolute atomic E-state index is 13.7. The normalized spacial score (nSPS) is 10.1. The van der Waals surface area contributed by atoms with Gasteiger partial charge in [-0.1, -0.05) is 12.1 Å². The van der Waals surface area contributed by atoms with Gasteiger partial charge < -0.3 is 9.47 Å². The molecule has 2 rings (SSSR count). The van der Waals surface area contributed by atoms with Crippen molar-refractivity contribution >= 4 is 5.78 Å². The SMILES string of the molecule is COc1ccc(OC)c(C(=O)c2ccccc2F)c1. The molecule has 98 valence electrons. The highest BCUT2D eigenvalue weighted by atomic mass is 19.1. The molecule has 2 aromatic carbocycles. The number of ether oxygens (including phenoxy) is 2. The first-order valence-electron chi connectivity index (χ1n) is 5.68. The zero-order chi connectivity index (χ0) is 13.8. The van der Waals surface area contributed by atoms with Gasteiger partial charge in [-0.05, 0) is 30.3 Å². The van der Waals surface area contributed by atoms with Gasteiger partial charge in [0, 0.05) is 0 Å². The molecule has 0 amide bonds. The summed E-state index contributed by atoms with van der Waals surface area (Å²) in [6.07, 6.45) is 0. The number of ketones is 1. The van der Waals surface area contributed by atoms with Gasteiger partial charge in [0.15, 0.2) is 5.78 Å². The zero-order valence-electron chi connectivity index (χ0n) is 10.6. The summed E-state index contributed by atoms with van der Waals surface area (Å²) in [5.41, 5.74) is 0.279. The maximum atomic E-state index is 13.7. The summed E-state index contributed by atoms with van der Waals surface area (Å²) in [5, 5.41) is 0. The van der Waals surface area contributed by atoms with Gasteiger partial charge in [-0.25, -0.2) is 4.39 Å². The number of hydrogen-bond acceptors (Lipinski definition) is 3. The van der Waals surface area contributed by atoms with Gasteiger partial charge in [-0.3, -0.25) is 4.79 Å². The Labute approximate surface area is 110 Å². The summed E-state index contributed by atoms with van der Waals surface area (Å²) < 4.78 is 23.8. The van der Waals surface area contributed by atoms with Crippen molar-refractivity contribution in [2.45, 2.75) is 0 Å². The molecule has 0 atom stereocenters. The van der Waals surface area contributed by atoms with Crippen LogP contribution in [0.25, 0.3) is 0 Å². The van der Waals surface area contributed by atoms with Crippen LogP contribution in [0.5, 0.6) is 11.5 Å². The molecule has 0 N–H and O–H groups in total. The van der Waals surface area contributed by atoms with Crippen LogP contribution < -0.4 is 9.47 Å². The largest absolute Gasteiger partial charge is 0.497 e. The lowest BCUT2D eigenvalue weighted by Crippen LogP contribution is -2.06. The smallest absolute Gasteiger partial charge is 0.199 e. The molecule has 0 fully saturated rings. The van der Waals surface area contributed by atoms with Gasteiger partial charge in [-0.15, -0.1) is 0 Å². The van der Waals surface area contributed by atoms with Crippen molar-refractivity contribution in [3.05, 3.63) is 59.4 Å². The summed E-state index contributed by atoms with van der Waals surface area (Å²) in [4.78, 5) is 12.3. The highest BCUT2D eigenvalue weighted by Crippen LogP contribution is 2.27. The average molecular weight is 260 g/mol. The van der Waals surface area contributed by atoms with Crippen molar-refractivity contribution in [1.82, 2.24) is 0 Å². The van der Waals surface area contributed by atoms with Crippen molar-refractivity contribution in [1.29, 1.82) is 0 Å². The fourth-order valence-electron chi connectivity index (χ4n) is 1.78. The monoisotopic (exact) mass is 260 g/mol. The first kappa shape index (κ1) is 13.1. The Kier molecular flexibility index (Phi) is 3.80. The van der Waals surface area contributed by atoms with E-state index in [9.17, 15) is 9.18 Å². The summed E-state index contributed by atoms with van der Waals surface area (Å²) in [5.74, 6) is -0.0965. The Morgan fingerprint density at radius 2 is 1.74 bits per heavy atom. The zero-order valence-corrected chi connectivity index (χ0v) is 10.6. The van der Waals surface area contributed by atoms with Gasteiger partial charge >= 0.3 is 0 Å². The van der Waals surface area contributed by atoms with E-state index in [0.717, 1.165) is 0 Å². The van der Waals surface area contributed by atoms with Crippen LogP contribution in [0.1, 0.15) is 15.9 Å². The van der Waals surface area contributed by atoms with Crippen LogP contribution in [0.2, 0.25) is 0 Å². The Hall–Kier alpha value is -2.36. The van der Waals surface area contributed by atoms with Gasteiger partial charge in [0.2, 0.25) is 0 Å². The second-order valence-corrected chi connectivity index (χ2v) is 3.88. The quantitative estimate of drug-likeness (QED) is 0.792. The molecule has 0 aliphatic heterocycles. The molecular weight excluding hydrogens is 247 g/mol. The number of methoxy groups -OCH3 is 2. The third-order valence-corrected chi connectivity index (χ3v) is 2.77. The van der Waals surface area contributed by atoms with Crippen molar-refractivity contribution < 1.29 is 18.7 Å². The third kappa shape index (κ3) is 2.57. The molecule has 0 heterocycles. The second kappa shape index (κ2) is 5.52. The summed E-state index contributed by atoms with van der Waals surface area (Å²) in [6, 6.07) is 10.7. The molecule has 0 aromatic heterocycles. The van der Waals surface area contributed by atoms with Crippen LogP contribution >= 0.6 is 0 Å². The average Bonchev–Trinajstić information content (AvgIpc) is 2.46. The first-order chi connectivity index (χ1) is 9.17. The molecular formula is C15H13FO3.